The number of hydrogen-bond acceptors (Lipinski definition) is 3. The van der Waals surface area contributed by atoms with Gasteiger partial charge in [-0.1, -0.05) is 32.4 Å². The van der Waals surface area contributed by atoms with Gasteiger partial charge in [-0.25, -0.2) is 0 Å². The van der Waals surface area contributed by atoms with Crippen LogP contribution in [0.15, 0.2) is 29.3 Å². The van der Waals surface area contributed by atoms with E-state index in [1.807, 2.05) is 17.8 Å². The van der Waals surface area contributed by atoms with Crippen LogP contribution < -0.4 is 10.2 Å². The van der Waals surface area contributed by atoms with Gasteiger partial charge >= 0.3 is 0 Å². The van der Waals surface area contributed by atoms with Crippen LogP contribution >= 0.6 is 11.6 Å². The molecule has 2 aromatic rings. The zero-order valence-electron chi connectivity index (χ0n) is 17.2. The summed E-state index contributed by atoms with van der Waals surface area (Å²) < 4.78 is 15.2. The summed E-state index contributed by atoms with van der Waals surface area (Å²) in [6, 6.07) is 6.93. The van der Waals surface area contributed by atoms with E-state index in [4.69, 9.17) is 21.1 Å². The van der Waals surface area contributed by atoms with Crippen molar-refractivity contribution in [3.8, 4) is 5.75 Å². The molecule has 1 amide bonds. The van der Waals surface area contributed by atoms with Crippen LogP contribution in [0.25, 0.3) is 0 Å². The zero-order chi connectivity index (χ0) is 20.5. The molecule has 6 nitrogen and oxygen atoms in total. The first kappa shape index (κ1) is 20.7. The third-order valence-electron chi connectivity index (χ3n) is 5.02. The number of rotatable bonds is 4. The van der Waals surface area contributed by atoms with Crippen molar-refractivity contribution in [3.05, 3.63) is 46.0 Å². The van der Waals surface area contributed by atoms with E-state index in [0.717, 1.165) is 25.1 Å². The summed E-state index contributed by atoms with van der Waals surface area (Å²) >= 11 is 6.08. The van der Waals surface area contributed by atoms with E-state index in [1.165, 1.54) is 7.11 Å². The Labute approximate surface area is 170 Å². The van der Waals surface area contributed by atoms with Gasteiger partial charge in [-0.2, -0.15) is 4.99 Å². The number of halogens is 1. The predicted molar refractivity (Wildman–Crippen MR) is 109 cm³/mol. The zero-order valence-corrected chi connectivity index (χ0v) is 17.9. The molecule has 1 aromatic carbocycles. The standard InChI is InChI=1S/C21H28ClN3O3/c1-21(2,3)18-12-19(25(24(18)4)13-15-7-6-10-28-15)23-20(26)16-11-14(22)8-9-17(16)27-5/h8-9,11-12,15H,6-7,10,13H2,1-5H3/t15-/m1/s1. The van der Waals surface area contributed by atoms with Crippen molar-refractivity contribution >= 4 is 17.5 Å². The van der Waals surface area contributed by atoms with Gasteiger partial charge < -0.3 is 9.47 Å². The highest BCUT2D eigenvalue weighted by molar-refractivity contribution is 6.31. The molecule has 0 radical (unpaired) electrons. The topological polar surface area (TPSA) is 57.8 Å². The van der Waals surface area contributed by atoms with Gasteiger partial charge in [0.2, 0.25) is 0 Å². The van der Waals surface area contributed by atoms with E-state index >= 15 is 0 Å². The second kappa shape index (κ2) is 8.13. The minimum atomic E-state index is -0.383. The first-order valence-corrected chi connectivity index (χ1v) is 9.90. The molecule has 1 fully saturated rings. The van der Waals surface area contributed by atoms with Crippen LogP contribution in [-0.2, 0) is 23.7 Å². The lowest BCUT2D eigenvalue weighted by atomic mass is 9.92. The fraction of sp³-hybridized carbons (Fsp3) is 0.524. The normalized spacial score (nSPS) is 17.9. The first-order valence-electron chi connectivity index (χ1n) is 9.52. The monoisotopic (exact) mass is 405 g/mol. The molecule has 1 saturated heterocycles. The Hall–Kier alpha value is -2.05. The van der Waals surface area contributed by atoms with Crippen molar-refractivity contribution in [1.29, 1.82) is 0 Å². The average molecular weight is 406 g/mol. The predicted octanol–water partition coefficient (Wildman–Crippen LogP) is 3.71. The maximum absolute atomic E-state index is 12.9. The molecule has 1 atom stereocenters. The van der Waals surface area contributed by atoms with E-state index in [9.17, 15) is 4.79 Å². The largest absolute Gasteiger partial charge is 0.496 e. The van der Waals surface area contributed by atoms with E-state index in [1.54, 1.807) is 18.2 Å². The Morgan fingerprint density at radius 1 is 1.36 bits per heavy atom. The second-order valence-corrected chi connectivity index (χ2v) is 8.58. The summed E-state index contributed by atoms with van der Waals surface area (Å²) in [6.45, 7) is 7.87. The quantitative estimate of drug-likeness (QED) is 0.779. The first-order chi connectivity index (χ1) is 13.2. The van der Waals surface area contributed by atoms with Crippen LogP contribution in [0.2, 0.25) is 5.02 Å². The van der Waals surface area contributed by atoms with Crippen molar-refractivity contribution in [3.63, 3.8) is 0 Å². The van der Waals surface area contributed by atoms with Crippen LogP contribution in [0.3, 0.4) is 0 Å². The Kier molecular flexibility index (Phi) is 6.01. The summed E-state index contributed by atoms with van der Waals surface area (Å²) in [7, 11) is 3.52. The maximum Gasteiger partial charge on any atom is 0.282 e. The fourth-order valence-electron chi connectivity index (χ4n) is 3.57. The fourth-order valence-corrected chi connectivity index (χ4v) is 3.75. The molecule has 0 spiro atoms. The van der Waals surface area contributed by atoms with Crippen LogP contribution in [0.5, 0.6) is 5.75 Å². The highest BCUT2D eigenvalue weighted by Gasteiger charge is 2.24. The molecular weight excluding hydrogens is 378 g/mol. The Morgan fingerprint density at radius 2 is 2.11 bits per heavy atom. The third kappa shape index (κ3) is 4.33. The van der Waals surface area contributed by atoms with E-state index in [-0.39, 0.29) is 17.4 Å². The van der Waals surface area contributed by atoms with Crippen molar-refractivity contribution in [1.82, 2.24) is 9.36 Å². The maximum atomic E-state index is 12.9. The van der Waals surface area contributed by atoms with E-state index < -0.39 is 0 Å². The number of hydrogen-bond donors (Lipinski definition) is 0. The van der Waals surface area contributed by atoms with Crippen LogP contribution in [0.4, 0.5) is 0 Å². The Morgan fingerprint density at radius 3 is 2.71 bits per heavy atom. The summed E-state index contributed by atoms with van der Waals surface area (Å²) in [6.07, 6.45) is 2.21. The Balaban J connectivity index is 2.08. The molecule has 1 aliphatic heterocycles. The molecule has 152 valence electrons. The molecule has 1 aliphatic rings. The number of amides is 1. The summed E-state index contributed by atoms with van der Waals surface area (Å²) in [5.74, 6) is 0.0716. The molecule has 0 unspecified atom stereocenters. The third-order valence-corrected chi connectivity index (χ3v) is 5.25. The van der Waals surface area contributed by atoms with Crippen LogP contribution in [-0.4, -0.2) is 35.1 Å². The number of ether oxygens (including phenoxy) is 2. The van der Waals surface area contributed by atoms with Crippen molar-refractivity contribution < 1.29 is 14.3 Å². The van der Waals surface area contributed by atoms with Crippen LogP contribution in [0, 0.1) is 0 Å². The van der Waals surface area contributed by atoms with Gasteiger partial charge in [0.25, 0.3) is 5.91 Å². The van der Waals surface area contributed by atoms with E-state index in [0.29, 0.717) is 28.4 Å². The van der Waals surface area contributed by atoms with Gasteiger partial charge in [0.15, 0.2) is 5.49 Å². The van der Waals surface area contributed by atoms with Crippen molar-refractivity contribution in [2.24, 2.45) is 12.0 Å². The minimum absolute atomic E-state index is 0.0857. The van der Waals surface area contributed by atoms with Gasteiger partial charge in [-0.3, -0.25) is 14.2 Å². The number of nitrogens with zero attached hydrogens (tertiary/aromatic N) is 3. The molecule has 1 aromatic heterocycles. The molecule has 0 aliphatic carbocycles. The Bertz CT molecular complexity index is 931. The minimum Gasteiger partial charge on any atom is -0.496 e. The lowest BCUT2D eigenvalue weighted by Crippen LogP contribution is -2.30. The number of benzene rings is 1. The highest BCUT2D eigenvalue weighted by Crippen LogP contribution is 2.24. The summed E-state index contributed by atoms with van der Waals surface area (Å²) in [5.41, 5.74) is 1.96. The van der Waals surface area contributed by atoms with Gasteiger partial charge in [0.05, 0.1) is 25.3 Å². The van der Waals surface area contributed by atoms with Crippen LogP contribution in [0.1, 0.15) is 49.7 Å². The van der Waals surface area contributed by atoms with Crippen molar-refractivity contribution in [2.45, 2.75) is 51.7 Å². The van der Waals surface area contributed by atoms with Gasteiger partial charge in [0, 0.05) is 35.9 Å². The average Bonchev–Trinajstić information content (AvgIpc) is 3.24. The lowest BCUT2D eigenvalue weighted by molar-refractivity contribution is 0.0885. The van der Waals surface area contributed by atoms with Gasteiger partial charge in [-0.05, 0) is 31.0 Å². The second-order valence-electron chi connectivity index (χ2n) is 8.14. The lowest BCUT2D eigenvalue weighted by Gasteiger charge is -2.21. The molecule has 0 bridgehead atoms. The smallest absolute Gasteiger partial charge is 0.282 e. The van der Waals surface area contributed by atoms with Gasteiger partial charge in [-0.15, -0.1) is 0 Å². The summed E-state index contributed by atoms with van der Waals surface area (Å²) in [5, 5.41) is 0.468. The number of carbonyl (C=O) groups is 1. The molecule has 0 saturated carbocycles. The molecule has 2 heterocycles. The SMILES string of the molecule is COc1ccc(Cl)cc1C(=O)N=c1cc(C(C)(C)C)n(C)n1C[C@H]1CCCO1. The van der Waals surface area contributed by atoms with Crippen molar-refractivity contribution in [2.75, 3.05) is 13.7 Å². The number of aromatic nitrogens is 2. The molecule has 3 rings (SSSR count). The number of carbonyl (C=O) groups excluding carboxylic acids is 1. The van der Waals surface area contributed by atoms with Gasteiger partial charge in [0.1, 0.15) is 5.75 Å². The summed E-state index contributed by atoms with van der Waals surface area (Å²) in [4.78, 5) is 17.4. The molecule has 28 heavy (non-hydrogen) atoms. The molecule has 0 N–H and O–H groups in total. The molecule has 7 heteroatoms. The van der Waals surface area contributed by atoms with E-state index in [2.05, 4.69) is 30.4 Å². The highest BCUT2D eigenvalue weighted by atomic mass is 35.5. The number of methoxy groups -OCH3 is 1. The molecular formula is C21H28ClN3O3.